The average Bonchev–Trinajstić information content (AvgIpc) is 2.87. The zero-order valence-electron chi connectivity index (χ0n) is 17.6. The van der Waals surface area contributed by atoms with Gasteiger partial charge in [-0.15, -0.1) is 0 Å². The lowest BCUT2D eigenvalue weighted by Crippen LogP contribution is -1.91. The van der Waals surface area contributed by atoms with Crippen LogP contribution < -0.4 is 10.1 Å². The first-order valence-electron chi connectivity index (χ1n) is 10.7. The molecule has 0 aliphatic carbocycles. The molecule has 5 aromatic carbocycles. The Bertz CT molecular complexity index is 1280. The van der Waals surface area contributed by atoms with E-state index in [-0.39, 0.29) is 0 Å². The Labute approximate surface area is 188 Å². The van der Waals surface area contributed by atoms with Crippen LogP contribution in [0.25, 0.3) is 22.3 Å². The topological polar surface area (TPSA) is 21.3 Å². The van der Waals surface area contributed by atoms with Crippen molar-refractivity contribution in [2.75, 3.05) is 5.32 Å². The van der Waals surface area contributed by atoms with Crippen LogP contribution in [0.5, 0.6) is 11.5 Å². The van der Waals surface area contributed by atoms with E-state index in [0.717, 1.165) is 34.0 Å². The van der Waals surface area contributed by atoms with E-state index in [1.54, 1.807) is 0 Å². The van der Waals surface area contributed by atoms with E-state index in [1.165, 1.54) is 11.1 Å². The summed E-state index contributed by atoms with van der Waals surface area (Å²) in [7, 11) is 0. The van der Waals surface area contributed by atoms with Gasteiger partial charge in [0, 0.05) is 16.9 Å². The summed E-state index contributed by atoms with van der Waals surface area (Å²) in [5.41, 5.74) is 6.71. The van der Waals surface area contributed by atoms with Gasteiger partial charge in [-0.25, -0.2) is 0 Å². The van der Waals surface area contributed by atoms with Gasteiger partial charge in [-0.2, -0.15) is 0 Å². The molecule has 0 bridgehead atoms. The molecule has 0 unspecified atom stereocenters. The molecule has 0 aliphatic rings. The van der Waals surface area contributed by atoms with Crippen LogP contribution in [0.4, 0.5) is 11.4 Å². The normalized spacial score (nSPS) is 10.5. The van der Waals surface area contributed by atoms with Crippen molar-refractivity contribution in [1.29, 1.82) is 0 Å². The van der Waals surface area contributed by atoms with Crippen molar-refractivity contribution < 1.29 is 4.74 Å². The molecule has 0 aliphatic heterocycles. The number of benzene rings is 5. The Morgan fingerprint density at radius 3 is 1.56 bits per heavy atom. The summed E-state index contributed by atoms with van der Waals surface area (Å²) in [6, 6.07) is 45.3. The van der Waals surface area contributed by atoms with E-state index >= 15 is 0 Å². The molecule has 5 aromatic rings. The third kappa shape index (κ3) is 4.55. The van der Waals surface area contributed by atoms with Crippen LogP contribution in [0, 0.1) is 0 Å². The van der Waals surface area contributed by atoms with Gasteiger partial charge in [0.2, 0.25) is 0 Å². The van der Waals surface area contributed by atoms with Gasteiger partial charge >= 0.3 is 0 Å². The molecule has 2 nitrogen and oxygen atoms in total. The van der Waals surface area contributed by atoms with Gasteiger partial charge in [-0.1, -0.05) is 91.0 Å². The molecule has 0 amide bonds. The maximum absolute atomic E-state index is 6.12. The largest absolute Gasteiger partial charge is 0.457 e. The van der Waals surface area contributed by atoms with Crippen molar-refractivity contribution in [2.45, 2.75) is 0 Å². The SMILES string of the molecule is c1ccc(Oc2ccccc2-c2ccc(Nc3ccc(-c4ccccc4)cc3)cc2)cc1. The highest BCUT2D eigenvalue weighted by atomic mass is 16.5. The molecule has 0 fully saturated rings. The third-order valence-electron chi connectivity index (χ3n) is 5.33. The summed E-state index contributed by atoms with van der Waals surface area (Å²) in [5.74, 6) is 1.67. The van der Waals surface area contributed by atoms with E-state index in [1.807, 2.05) is 54.6 Å². The first kappa shape index (κ1) is 19.7. The number of hydrogen-bond acceptors (Lipinski definition) is 2. The standard InChI is InChI=1S/C30H23NO/c1-3-9-23(10-4-1)24-15-19-26(20-16-24)31-27-21-17-25(18-22-27)29-13-7-8-14-30(29)32-28-11-5-2-6-12-28/h1-22,31H. The molecule has 0 aromatic heterocycles. The van der Waals surface area contributed by atoms with Crippen molar-refractivity contribution >= 4 is 11.4 Å². The average molecular weight is 414 g/mol. The summed E-state index contributed by atoms with van der Waals surface area (Å²) in [5, 5.41) is 3.48. The van der Waals surface area contributed by atoms with E-state index in [0.29, 0.717) is 0 Å². The Kier molecular flexibility index (Phi) is 5.67. The van der Waals surface area contributed by atoms with Gasteiger partial charge in [0.1, 0.15) is 11.5 Å². The van der Waals surface area contributed by atoms with Gasteiger partial charge in [0.25, 0.3) is 0 Å². The predicted octanol–water partition coefficient (Wildman–Crippen LogP) is 8.56. The Hall–Kier alpha value is -4.30. The molecule has 0 spiro atoms. The Morgan fingerprint density at radius 2 is 0.906 bits per heavy atom. The smallest absolute Gasteiger partial charge is 0.135 e. The van der Waals surface area contributed by atoms with Crippen LogP contribution in [-0.2, 0) is 0 Å². The summed E-state index contributed by atoms with van der Waals surface area (Å²) < 4.78 is 6.12. The zero-order chi connectivity index (χ0) is 21.6. The van der Waals surface area contributed by atoms with E-state index < -0.39 is 0 Å². The second-order valence-electron chi connectivity index (χ2n) is 7.56. The molecule has 154 valence electrons. The van der Waals surface area contributed by atoms with Crippen LogP contribution in [0.2, 0.25) is 0 Å². The molecular formula is C30H23NO. The van der Waals surface area contributed by atoms with Crippen LogP contribution in [0.3, 0.4) is 0 Å². The van der Waals surface area contributed by atoms with Crippen molar-refractivity contribution in [2.24, 2.45) is 0 Å². The van der Waals surface area contributed by atoms with Crippen LogP contribution in [0.15, 0.2) is 133 Å². The molecule has 32 heavy (non-hydrogen) atoms. The van der Waals surface area contributed by atoms with Crippen molar-refractivity contribution in [3.63, 3.8) is 0 Å². The maximum atomic E-state index is 6.12. The predicted molar refractivity (Wildman–Crippen MR) is 134 cm³/mol. The second-order valence-corrected chi connectivity index (χ2v) is 7.56. The van der Waals surface area contributed by atoms with E-state index in [2.05, 4.69) is 84.2 Å². The van der Waals surface area contributed by atoms with E-state index in [9.17, 15) is 0 Å². The van der Waals surface area contributed by atoms with Gasteiger partial charge in [-0.3, -0.25) is 0 Å². The van der Waals surface area contributed by atoms with E-state index in [4.69, 9.17) is 4.74 Å². The first-order chi connectivity index (χ1) is 15.8. The van der Waals surface area contributed by atoms with Gasteiger partial charge in [0.05, 0.1) is 0 Å². The quantitative estimate of drug-likeness (QED) is 0.301. The Balaban J connectivity index is 1.32. The molecule has 5 rings (SSSR count). The number of rotatable bonds is 6. The van der Waals surface area contributed by atoms with Gasteiger partial charge in [0.15, 0.2) is 0 Å². The first-order valence-corrected chi connectivity index (χ1v) is 10.7. The monoisotopic (exact) mass is 413 g/mol. The lowest BCUT2D eigenvalue weighted by atomic mass is 10.0. The molecule has 1 N–H and O–H groups in total. The van der Waals surface area contributed by atoms with Gasteiger partial charge < -0.3 is 10.1 Å². The van der Waals surface area contributed by atoms with Gasteiger partial charge in [-0.05, 0) is 59.2 Å². The number of para-hydroxylation sites is 2. The Morgan fingerprint density at radius 1 is 0.406 bits per heavy atom. The highest BCUT2D eigenvalue weighted by Crippen LogP contribution is 2.34. The molecule has 0 radical (unpaired) electrons. The molecule has 0 atom stereocenters. The minimum absolute atomic E-state index is 0.831. The number of nitrogens with one attached hydrogen (secondary N) is 1. The fourth-order valence-corrected chi connectivity index (χ4v) is 3.69. The number of hydrogen-bond donors (Lipinski definition) is 1. The summed E-state index contributed by atoms with van der Waals surface area (Å²) in [6.45, 7) is 0. The molecule has 0 heterocycles. The second kappa shape index (κ2) is 9.23. The fraction of sp³-hybridized carbons (Fsp3) is 0. The third-order valence-corrected chi connectivity index (χ3v) is 5.33. The maximum Gasteiger partial charge on any atom is 0.135 e. The summed E-state index contributed by atoms with van der Waals surface area (Å²) in [6.07, 6.45) is 0. The van der Waals surface area contributed by atoms with Crippen LogP contribution in [0.1, 0.15) is 0 Å². The highest BCUT2D eigenvalue weighted by molar-refractivity contribution is 5.74. The highest BCUT2D eigenvalue weighted by Gasteiger charge is 2.07. The van der Waals surface area contributed by atoms with Crippen LogP contribution in [-0.4, -0.2) is 0 Å². The minimum Gasteiger partial charge on any atom is -0.457 e. The van der Waals surface area contributed by atoms with Crippen molar-refractivity contribution in [3.05, 3.63) is 133 Å². The summed E-state index contributed by atoms with van der Waals surface area (Å²) >= 11 is 0. The minimum atomic E-state index is 0.831. The van der Waals surface area contributed by atoms with Crippen molar-refractivity contribution in [1.82, 2.24) is 0 Å². The lowest BCUT2D eigenvalue weighted by Gasteiger charge is -2.12. The molecule has 0 saturated carbocycles. The molecule has 2 heteroatoms. The summed E-state index contributed by atoms with van der Waals surface area (Å²) in [4.78, 5) is 0. The van der Waals surface area contributed by atoms with Crippen molar-refractivity contribution in [3.8, 4) is 33.8 Å². The zero-order valence-corrected chi connectivity index (χ0v) is 17.6. The lowest BCUT2D eigenvalue weighted by molar-refractivity contribution is 0.484. The molecular weight excluding hydrogens is 390 g/mol. The molecule has 0 saturated heterocycles. The fourth-order valence-electron chi connectivity index (χ4n) is 3.69. The number of ether oxygens (including phenoxy) is 1. The van der Waals surface area contributed by atoms with Crippen LogP contribution >= 0.6 is 0 Å². The number of anilines is 2.